The second-order valence-corrected chi connectivity index (χ2v) is 4.20. The van der Waals surface area contributed by atoms with E-state index in [0.717, 1.165) is 24.0 Å². The Hall–Kier alpha value is -1.48. The van der Waals surface area contributed by atoms with E-state index in [4.69, 9.17) is 16.3 Å². The zero-order valence-electron chi connectivity index (χ0n) is 9.61. The molecule has 90 valence electrons. The third kappa shape index (κ3) is 2.61. The first-order valence-corrected chi connectivity index (χ1v) is 6.00. The predicted octanol–water partition coefficient (Wildman–Crippen LogP) is 3.77. The van der Waals surface area contributed by atoms with Gasteiger partial charge in [-0.3, -0.25) is 0 Å². The number of pyridine rings is 1. The van der Waals surface area contributed by atoms with Crippen LogP contribution in [-0.2, 0) is 0 Å². The first kappa shape index (κ1) is 12.0. The smallest absolute Gasteiger partial charge is 0.141 e. The summed E-state index contributed by atoms with van der Waals surface area (Å²) in [5, 5.41) is 11.5. The number of fused-ring (bicyclic) bond motifs is 1. The van der Waals surface area contributed by atoms with Crippen LogP contribution in [0.5, 0.6) is 11.5 Å². The third-order valence-electron chi connectivity index (χ3n) is 2.56. The molecule has 0 fully saturated rings. The summed E-state index contributed by atoms with van der Waals surface area (Å²) in [5.74, 6) is 0.855. The molecule has 17 heavy (non-hydrogen) atoms. The Labute approximate surface area is 105 Å². The second kappa shape index (κ2) is 5.23. The van der Waals surface area contributed by atoms with Gasteiger partial charge in [0.15, 0.2) is 0 Å². The molecule has 0 radical (unpaired) electrons. The Balaban J connectivity index is 2.33. The lowest BCUT2D eigenvalue weighted by Gasteiger charge is -2.08. The van der Waals surface area contributed by atoms with Gasteiger partial charge < -0.3 is 9.84 Å². The van der Waals surface area contributed by atoms with E-state index in [1.165, 1.54) is 6.20 Å². The molecular weight excluding hydrogens is 238 g/mol. The molecule has 0 aliphatic carbocycles. The van der Waals surface area contributed by atoms with Crippen molar-refractivity contribution in [1.82, 2.24) is 4.98 Å². The van der Waals surface area contributed by atoms with Gasteiger partial charge in [-0.2, -0.15) is 0 Å². The third-order valence-corrected chi connectivity index (χ3v) is 2.86. The van der Waals surface area contributed by atoms with Crippen LogP contribution in [0.25, 0.3) is 10.8 Å². The number of rotatable bonds is 4. The average molecular weight is 252 g/mol. The Morgan fingerprint density at radius 2 is 2.18 bits per heavy atom. The first-order chi connectivity index (χ1) is 8.22. The van der Waals surface area contributed by atoms with E-state index in [9.17, 15) is 5.11 Å². The van der Waals surface area contributed by atoms with E-state index < -0.39 is 0 Å². The fraction of sp³-hybridized carbons (Fsp3) is 0.308. The molecular formula is C13H14ClNO2. The summed E-state index contributed by atoms with van der Waals surface area (Å²) in [7, 11) is 0. The predicted molar refractivity (Wildman–Crippen MR) is 68.8 cm³/mol. The number of hydrogen-bond acceptors (Lipinski definition) is 3. The zero-order chi connectivity index (χ0) is 12.3. The van der Waals surface area contributed by atoms with E-state index >= 15 is 0 Å². The maximum absolute atomic E-state index is 9.71. The second-order valence-electron chi connectivity index (χ2n) is 3.84. The fourth-order valence-corrected chi connectivity index (χ4v) is 1.81. The largest absolute Gasteiger partial charge is 0.506 e. The highest BCUT2D eigenvalue weighted by atomic mass is 35.5. The van der Waals surface area contributed by atoms with Crippen molar-refractivity contribution in [2.75, 3.05) is 6.61 Å². The number of hydrogen-bond donors (Lipinski definition) is 1. The maximum Gasteiger partial charge on any atom is 0.141 e. The van der Waals surface area contributed by atoms with Crippen molar-refractivity contribution >= 4 is 22.4 Å². The summed E-state index contributed by atoms with van der Waals surface area (Å²) in [6, 6.07) is 5.44. The van der Waals surface area contributed by atoms with Crippen molar-refractivity contribution in [2.24, 2.45) is 0 Å². The number of benzene rings is 1. The highest BCUT2D eigenvalue weighted by Crippen LogP contribution is 2.31. The van der Waals surface area contributed by atoms with Crippen LogP contribution < -0.4 is 4.74 Å². The molecule has 1 aromatic heterocycles. The van der Waals surface area contributed by atoms with Crippen molar-refractivity contribution in [2.45, 2.75) is 19.8 Å². The van der Waals surface area contributed by atoms with Crippen molar-refractivity contribution in [3.8, 4) is 11.5 Å². The SMILES string of the molecule is CCCCOc1ccc2c(Cl)ncc(O)c2c1. The minimum absolute atomic E-state index is 0.116. The maximum atomic E-state index is 9.71. The van der Waals surface area contributed by atoms with Crippen LogP contribution in [0.2, 0.25) is 5.15 Å². The minimum Gasteiger partial charge on any atom is -0.506 e. The lowest BCUT2D eigenvalue weighted by molar-refractivity contribution is 0.309. The van der Waals surface area contributed by atoms with Crippen LogP contribution in [0.1, 0.15) is 19.8 Å². The topological polar surface area (TPSA) is 42.4 Å². The minimum atomic E-state index is 0.116. The number of halogens is 1. The van der Waals surface area contributed by atoms with Gasteiger partial charge in [-0.15, -0.1) is 0 Å². The Morgan fingerprint density at radius 1 is 1.35 bits per heavy atom. The molecule has 1 aromatic carbocycles. The summed E-state index contributed by atoms with van der Waals surface area (Å²) in [6.07, 6.45) is 3.45. The first-order valence-electron chi connectivity index (χ1n) is 5.62. The van der Waals surface area contributed by atoms with Crippen molar-refractivity contribution in [1.29, 1.82) is 0 Å². The van der Waals surface area contributed by atoms with Crippen LogP contribution in [0, 0.1) is 0 Å². The molecule has 1 N–H and O–H groups in total. The molecule has 0 unspecified atom stereocenters. The van der Waals surface area contributed by atoms with Crippen LogP contribution in [0.3, 0.4) is 0 Å². The number of unbranched alkanes of at least 4 members (excludes halogenated alkanes) is 1. The number of nitrogens with zero attached hydrogens (tertiary/aromatic N) is 1. The van der Waals surface area contributed by atoms with E-state index in [1.54, 1.807) is 6.07 Å². The summed E-state index contributed by atoms with van der Waals surface area (Å²) in [6.45, 7) is 2.79. The standard InChI is InChI=1S/C13H14ClNO2/c1-2-3-6-17-9-4-5-10-11(7-9)12(16)8-15-13(10)14/h4-5,7-8,16H,2-3,6H2,1H3. The lowest BCUT2D eigenvalue weighted by Crippen LogP contribution is -1.96. The number of aromatic hydroxyl groups is 1. The molecule has 4 heteroatoms. The molecule has 0 atom stereocenters. The van der Waals surface area contributed by atoms with Gasteiger partial charge in [-0.25, -0.2) is 4.98 Å². The van der Waals surface area contributed by atoms with E-state index in [1.807, 2.05) is 12.1 Å². The Bertz CT molecular complexity index is 528. The van der Waals surface area contributed by atoms with Gasteiger partial charge in [0.25, 0.3) is 0 Å². The van der Waals surface area contributed by atoms with Gasteiger partial charge in [0.05, 0.1) is 12.8 Å². The van der Waals surface area contributed by atoms with E-state index in [-0.39, 0.29) is 5.75 Å². The Morgan fingerprint density at radius 3 is 2.94 bits per heavy atom. The molecule has 0 spiro atoms. The molecule has 0 saturated heterocycles. The van der Waals surface area contributed by atoms with Crippen LogP contribution in [-0.4, -0.2) is 16.7 Å². The quantitative estimate of drug-likeness (QED) is 0.664. The molecule has 0 saturated carbocycles. The molecule has 0 aliphatic rings. The van der Waals surface area contributed by atoms with E-state index in [0.29, 0.717) is 17.1 Å². The average Bonchev–Trinajstić information content (AvgIpc) is 2.34. The van der Waals surface area contributed by atoms with Gasteiger partial charge in [0, 0.05) is 10.8 Å². The van der Waals surface area contributed by atoms with Crippen molar-refractivity contribution < 1.29 is 9.84 Å². The van der Waals surface area contributed by atoms with Crippen molar-refractivity contribution in [3.63, 3.8) is 0 Å². The lowest BCUT2D eigenvalue weighted by atomic mass is 10.1. The fourth-order valence-electron chi connectivity index (χ4n) is 1.60. The Kier molecular flexibility index (Phi) is 3.69. The molecule has 2 rings (SSSR count). The van der Waals surface area contributed by atoms with Crippen LogP contribution in [0.4, 0.5) is 0 Å². The molecule has 2 aromatic rings. The zero-order valence-corrected chi connectivity index (χ0v) is 10.4. The van der Waals surface area contributed by atoms with Crippen LogP contribution >= 0.6 is 11.6 Å². The monoisotopic (exact) mass is 251 g/mol. The van der Waals surface area contributed by atoms with E-state index in [2.05, 4.69) is 11.9 Å². The van der Waals surface area contributed by atoms with Gasteiger partial charge in [0.1, 0.15) is 16.7 Å². The molecule has 3 nitrogen and oxygen atoms in total. The molecule has 0 amide bonds. The number of ether oxygens (including phenoxy) is 1. The summed E-state index contributed by atoms with van der Waals surface area (Å²) >= 11 is 5.95. The number of aromatic nitrogens is 1. The normalized spacial score (nSPS) is 10.7. The van der Waals surface area contributed by atoms with Crippen LogP contribution in [0.15, 0.2) is 24.4 Å². The highest BCUT2D eigenvalue weighted by Gasteiger charge is 2.06. The molecule has 0 aliphatic heterocycles. The van der Waals surface area contributed by atoms with Crippen molar-refractivity contribution in [3.05, 3.63) is 29.5 Å². The highest BCUT2D eigenvalue weighted by molar-refractivity contribution is 6.34. The van der Waals surface area contributed by atoms with Gasteiger partial charge >= 0.3 is 0 Å². The summed E-state index contributed by atoms with van der Waals surface area (Å²) in [5.41, 5.74) is 0. The van der Waals surface area contributed by atoms with Gasteiger partial charge in [0.2, 0.25) is 0 Å². The molecule has 1 heterocycles. The van der Waals surface area contributed by atoms with Gasteiger partial charge in [-0.1, -0.05) is 24.9 Å². The molecule has 0 bridgehead atoms. The summed E-state index contributed by atoms with van der Waals surface area (Å²) in [4.78, 5) is 3.89. The van der Waals surface area contributed by atoms with Gasteiger partial charge in [-0.05, 0) is 24.6 Å². The summed E-state index contributed by atoms with van der Waals surface area (Å²) < 4.78 is 5.57.